The third-order valence-corrected chi connectivity index (χ3v) is 7.09. The highest BCUT2D eigenvalue weighted by molar-refractivity contribution is 5.96. The van der Waals surface area contributed by atoms with Crippen molar-refractivity contribution >= 4 is 29.3 Å². The van der Waals surface area contributed by atoms with Crippen LogP contribution in [0.2, 0.25) is 0 Å². The van der Waals surface area contributed by atoms with Gasteiger partial charge in [-0.25, -0.2) is 0 Å². The number of methoxy groups -OCH3 is 2. The number of hydrogen-bond acceptors (Lipinski definition) is 9. The summed E-state index contributed by atoms with van der Waals surface area (Å²) in [5, 5.41) is 20.1. The van der Waals surface area contributed by atoms with E-state index in [2.05, 4.69) is 16.0 Å². The number of amides is 4. The van der Waals surface area contributed by atoms with Crippen molar-refractivity contribution in [1.29, 1.82) is 0 Å². The molecule has 14 nitrogen and oxygen atoms in total. The lowest BCUT2D eigenvalue weighted by molar-refractivity contribution is -0.387. The molecule has 0 aliphatic carbocycles. The van der Waals surface area contributed by atoms with Crippen LogP contribution in [0, 0.1) is 15.9 Å². The average Bonchev–Trinajstić information content (AvgIpc) is 3.04. The molecule has 3 atom stereocenters. The predicted octanol–water partition coefficient (Wildman–Crippen LogP) is 2.91. The molecule has 0 saturated heterocycles. The van der Waals surface area contributed by atoms with Crippen molar-refractivity contribution in [2.75, 3.05) is 21.3 Å². The van der Waals surface area contributed by atoms with Crippen LogP contribution in [0.4, 0.5) is 23.2 Å². The van der Waals surface area contributed by atoms with Crippen molar-refractivity contribution in [1.82, 2.24) is 21.3 Å². The van der Waals surface area contributed by atoms with Crippen molar-refractivity contribution in [2.45, 2.75) is 30.7 Å². The Labute approximate surface area is 268 Å². The summed E-state index contributed by atoms with van der Waals surface area (Å²) in [7, 11) is 3.87. The number of likely N-dealkylation sites (N-methyl/N-ethyl adjacent to an activating group) is 1. The largest absolute Gasteiger partial charge is 0.497 e. The van der Waals surface area contributed by atoms with Gasteiger partial charge < -0.3 is 35.5 Å². The Morgan fingerprint density at radius 1 is 0.979 bits per heavy atom. The van der Waals surface area contributed by atoms with Gasteiger partial charge in [-0.1, -0.05) is 12.1 Å². The van der Waals surface area contributed by atoms with E-state index in [4.69, 9.17) is 14.2 Å². The lowest BCUT2D eigenvalue weighted by Crippen LogP contribution is -2.54. The van der Waals surface area contributed by atoms with Crippen LogP contribution in [0.1, 0.15) is 28.8 Å². The first-order valence-electron chi connectivity index (χ1n) is 13.8. The van der Waals surface area contributed by atoms with Crippen LogP contribution >= 0.6 is 0 Å². The van der Waals surface area contributed by atoms with Crippen molar-refractivity contribution < 1.29 is 55.9 Å². The number of nitrogens with zero attached hydrogens (tertiary/aromatic N) is 1. The van der Waals surface area contributed by atoms with Gasteiger partial charge in [0.2, 0.25) is 23.5 Å². The number of halogens is 4. The van der Waals surface area contributed by atoms with Crippen molar-refractivity contribution in [3.05, 3.63) is 87.2 Å². The summed E-state index contributed by atoms with van der Waals surface area (Å²) < 4.78 is 70.8. The standard InChI is InChI=1S/C30H27F4N5O9/c1-35-27(41)25-16-10-17(46-2)13-18(11-16)48-23-12-15(5-7-22(23)47-3)24(38-29(43)30(32,33)34)28(42)36-20(26(40)37-25)8-14-4-6-19(31)21(9-14)39(44)45/h4-7,9-13,20,24-25H,8H2,1-3H3,(H,35,41)(H,36,42)(H,37,40)(H,38,43)/t20-,24-,25+/m1/s1. The first-order chi connectivity index (χ1) is 22.6. The van der Waals surface area contributed by atoms with E-state index in [1.807, 2.05) is 0 Å². The molecular weight excluding hydrogens is 650 g/mol. The van der Waals surface area contributed by atoms with Gasteiger partial charge in [-0.05, 0) is 47.0 Å². The number of carbonyl (C=O) groups excluding carboxylic acids is 4. The Hall–Kier alpha value is -5.94. The van der Waals surface area contributed by atoms with Crippen LogP contribution in [0.25, 0.3) is 0 Å². The number of nitro benzene ring substituents is 1. The zero-order chi connectivity index (χ0) is 35.3. The monoisotopic (exact) mass is 677 g/mol. The summed E-state index contributed by atoms with van der Waals surface area (Å²) in [6.45, 7) is 0. The Kier molecular flexibility index (Phi) is 10.4. The van der Waals surface area contributed by atoms with Gasteiger partial charge in [-0.2, -0.15) is 17.6 Å². The molecule has 0 saturated carbocycles. The Morgan fingerprint density at radius 3 is 2.33 bits per heavy atom. The van der Waals surface area contributed by atoms with Crippen molar-refractivity contribution in [3.63, 3.8) is 0 Å². The molecule has 0 spiro atoms. The van der Waals surface area contributed by atoms with E-state index in [0.29, 0.717) is 0 Å². The molecule has 0 fully saturated rings. The zero-order valence-corrected chi connectivity index (χ0v) is 25.3. The lowest BCUT2D eigenvalue weighted by Gasteiger charge is -2.27. The fourth-order valence-corrected chi connectivity index (χ4v) is 4.74. The molecule has 18 heteroatoms. The van der Waals surface area contributed by atoms with Crippen molar-refractivity contribution in [3.8, 4) is 23.0 Å². The molecule has 4 rings (SSSR count). The van der Waals surface area contributed by atoms with Crippen molar-refractivity contribution in [2.24, 2.45) is 0 Å². The Bertz CT molecular complexity index is 1770. The van der Waals surface area contributed by atoms with Crippen LogP contribution in [0.5, 0.6) is 23.0 Å². The maximum Gasteiger partial charge on any atom is 0.471 e. The maximum atomic E-state index is 14.1. The first-order valence-corrected chi connectivity index (χ1v) is 13.8. The molecule has 3 aromatic rings. The van der Waals surface area contributed by atoms with E-state index in [1.165, 1.54) is 51.6 Å². The lowest BCUT2D eigenvalue weighted by atomic mass is 10.00. The van der Waals surface area contributed by atoms with Gasteiger partial charge >= 0.3 is 17.8 Å². The highest BCUT2D eigenvalue weighted by atomic mass is 19.4. The van der Waals surface area contributed by atoms with Crippen LogP contribution in [-0.4, -0.2) is 62.0 Å². The smallest absolute Gasteiger partial charge is 0.471 e. The summed E-state index contributed by atoms with van der Waals surface area (Å²) in [6, 6.07) is 5.05. The second kappa shape index (κ2) is 14.2. The molecule has 0 radical (unpaired) electrons. The zero-order valence-electron chi connectivity index (χ0n) is 25.3. The quantitative estimate of drug-likeness (QED) is 0.166. The third kappa shape index (κ3) is 7.88. The van der Waals surface area contributed by atoms with Gasteiger partial charge in [0, 0.05) is 25.6 Å². The van der Waals surface area contributed by atoms with Gasteiger partial charge in [0.1, 0.15) is 29.6 Å². The van der Waals surface area contributed by atoms with Crippen LogP contribution in [0.15, 0.2) is 54.6 Å². The van der Waals surface area contributed by atoms with E-state index in [0.717, 1.165) is 24.3 Å². The number of hydrogen-bond donors (Lipinski definition) is 4. The number of nitro groups is 1. The molecular formula is C30H27F4N5O9. The summed E-state index contributed by atoms with van der Waals surface area (Å²) in [4.78, 5) is 63.0. The number of rotatable bonds is 7. The van der Waals surface area contributed by atoms with E-state index in [-0.39, 0.29) is 39.7 Å². The number of fused-ring (bicyclic) bond motifs is 4. The second-order valence-corrected chi connectivity index (χ2v) is 10.2. The second-order valence-electron chi connectivity index (χ2n) is 10.2. The van der Waals surface area contributed by atoms with Gasteiger partial charge in [-0.15, -0.1) is 0 Å². The summed E-state index contributed by atoms with van der Waals surface area (Å²) >= 11 is 0. The Morgan fingerprint density at radius 2 is 1.71 bits per heavy atom. The minimum atomic E-state index is -5.42. The van der Waals surface area contributed by atoms with E-state index < -0.39 is 70.8 Å². The molecule has 4 bridgehead atoms. The number of benzene rings is 3. The highest BCUT2D eigenvalue weighted by Crippen LogP contribution is 2.37. The van der Waals surface area contributed by atoms with E-state index in [9.17, 15) is 46.9 Å². The van der Waals surface area contributed by atoms with Crippen LogP contribution in [-0.2, 0) is 25.6 Å². The molecule has 48 heavy (non-hydrogen) atoms. The molecule has 1 aliphatic heterocycles. The van der Waals surface area contributed by atoms with Gasteiger partial charge in [0.15, 0.2) is 11.5 Å². The molecule has 4 N–H and O–H groups in total. The summed E-state index contributed by atoms with van der Waals surface area (Å²) in [5.41, 5.74) is -1.10. The minimum Gasteiger partial charge on any atom is -0.497 e. The van der Waals surface area contributed by atoms with E-state index in [1.54, 1.807) is 5.32 Å². The fraction of sp³-hybridized carbons (Fsp3) is 0.267. The predicted molar refractivity (Wildman–Crippen MR) is 157 cm³/mol. The molecule has 4 amide bonds. The minimum absolute atomic E-state index is 0.00973. The highest BCUT2D eigenvalue weighted by Gasteiger charge is 2.42. The fourth-order valence-electron chi connectivity index (χ4n) is 4.74. The topological polar surface area (TPSA) is 187 Å². The van der Waals surface area contributed by atoms with Crippen LogP contribution < -0.4 is 35.5 Å². The number of alkyl halides is 3. The molecule has 3 aromatic carbocycles. The molecule has 1 heterocycles. The normalized spacial score (nSPS) is 17.9. The number of carbonyl (C=O) groups is 4. The average molecular weight is 678 g/mol. The SMILES string of the molecule is CNC(=O)[C@H]1NC(=O)[C@@H](Cc2ccc(F)c([N+](=O)[O-])c2)NC(=O)[C@H](NC(=O)C(F)(F)F)c2ccc(OC)c(c2)Oc2cc(OC)cc1c2. The van der Waals surface area contributed by atoms with Crippen LogP contribution in [0.3, 0.4) is 0 Å². The van der Waals surface area contributed by atoms with Gasteiger partial charge in [0.25, 0.3) is 0 Å². The molecule has 0 unspecified atom stereocenters. The van der Waals surface area contributed by atoms with Gasteiger partial charge in [-0.3, -0.25) is 29.3 Å². The third-order valence-electron chi connectivity index (χ3n) is 7.09. The molecule has 1 aliphatic rings. The molecule has 0 aromatic heterocycles. The van der Waals surface area contributed by atoms with E-state index >= 15 is 0 Å². The number of nitrogens with one attached hydrogen (secondary N) is 4. The maximum absolute atomic E-state index is 14.1. The number of ether oxygens (including phenoxy) is 3. The first kappa shape index (κ1) is 34.9. The van der Waals surface area contributed by atoms with Gasteiger partial charge in [0.05, 0.1) is 19.1 Å². The molecule has 254 valence electrons. The summed E-state index contributed by atoms with van der Waals surface area (Å²) in [6.07, 6.45) is -5.99. The summed E-state index contributed by atoms with van der Waals surface area (Å²) in [5.74, 6) is -6.74. The Balaban J connectivity index is 1.93.